The lowest BCUT2D eigenvalue weighted by atomic mass is 10.3. The summed E-state index contributed by atoms with van der Waals surface area (Å²) >= 11 is 12.9. The van der Waals surface area contributed by atoms with Crippen LogP contribution in [0.4, 0.5) is 5.69 Å². The van der Waals surface area contributed by atoms with Crippen LogP contribution in [0.15, 0.2) is 59.5 Å². The van der Waals surface area contributed by atoms with Crippen molar-refractivity contribution in [3.63, 3.8) is 0 Å². The Labute approximate surface area is 146 Å². The summed E-state index contributed by atoms with van der Waals surface area (Å²) < 4.78 is 0. The van der Waals surface area contributed by atoms with Gasteiger partial charge in [-0.1, -0.05) is 29.8 Å². The lowest BCUT2D eigenvalue weighted by Crippen LogP contribution is -2.45. The summed E-state index contributed by atoms with van der Waals surface area (Å²) in [6, 6.07) is 17.9. The predicted octanol–water partition coefficient (Wildman–Crippen LogP) is 3.95. The fraction of sp³-hybridized carbons (Fsp3) is 0.188. The molecule has 22 heavy (non-hydrogen) atoms. The highest BCUT2D eigenvalue weighted by Crippen LogP contribution is 2.19. The van der Waals surface area contributed by atoms with Gasteiger partial charge in [0, 0.05) is 29.3 Å². The Morgan fingerprint density at radius 3 is 2.50 bits per heavy atom. The van der Waals surface area contributed by atoms with E-state index in [1.807, 2.05) is 66.7 Å². The Kier molecular flexibility index (Phi) is 6.83. The van der Waals surface area contributed by atoms with Crippen LogP contribution in [-0.2, 0) is 0 Å². The molecular weight excluding hydrogens is 334 g/mol. The Balaban J connectivity index is 1.66. The van der Waals surface area contributed by atoms with Gasteiger partial charge >= 0.3 is 0 Å². The van der Waals surface area contributed by atoms with Gasteiger partial charge < -0.3 is 5.32 Å². The molecule has 0 amide bonds. The van der Waals surface area contributed by atoms with Crippen LogP contribution in [0.2, 0.25) is 5.02 Å². The van der Waals surface area contributed by atoms with Crippen molar-refractivity contribution in [1.82, 2.24) is 10.7 Å². The van der Waals surface area contributed by atoms with Crippen LogP contribution >= 0.6 is 35.6 Å². The van der Waals surface area contributed by atoms with Crippen LogP contribution in [-0.4, -0.2) is 24.5 Å². The zero-order valence-corrected chi connectivity index (χ0v) is 14.6. The number of hydrogen-bond donors (Lipinski definition) is 2. The minimum atomic E-state index is 0.614. The maximum Gasteiger partial charge on any atom is 0.185 e. The topological polar surface area (TPSA) is 27.3 Å². The molecule has 2 aromatic rings. The first-order valence-corrected chi connectivity index (χ1v) is 8.64. The second-order valence-corrected chi connectivity index (χ2v) is 6.58. The van der Waals surface area contributed by atoms with Crippen LogP contribution in [0, 0.1) is 0 Å². The van der Waals surface area contributed by atoms with Crippen molar-refractivity contribution in [1.29, 1.82) is 0 Å². The SMILES string of the molecule is CN(NC(=S)NCCSc1ccc(Cl)cc1)c1ccccc1. The number of para-hydroxylation sites is 1. The Bertz CT molecular complexity index is 590. The van der Waals surface area contributed by atoms with Gasteiger partial charge in [-0.2, -0.15) is 0 Å². The second kappa shape index (κ2) is 8.88. The Morgan fingerprint density at radius 2 is 1.82 bits per heavy atom. The van der Waals surface area contributed by atoms with E-state index in [1.54, 1.807) is 11.8 Å². The van der Waals surface area contributed by atoms with Crippen molar-refractivity contribution in [2.24, 2.45) is 0 Å². The summed E-state index contributed by atoms with van der Waals surface area (Å²) in [5.74, 6) is 0.929. The molecule has 2 rings (SSSR count). The van der Waals surface area contributed by atoms with Crippen LogP contribution in [0.1, 0.15) is 0 Å². The van der Waals surface area contributed by atoms with Crippen molar-refractivity contribution >= 4 is 46.4 Å². The van der Waals surface area contributed by atoms with E-state index in [0.29, 0.717) is 5.11 Å². The van der Waals surface area contributed by atoms with Crippen LogP contribution in [0.25, 0.3) is 0 Å². The largest absolute Gasteiger partial charge is 0.361 e. The first kappa shape index (κ1) is 16.9. The van der Waals surface area contributed by atoms with E-state index in [0.717, 1.165) is 23.0 Å². The van der Waals surface area contributed by atoms with Crippen LogP contribution in [0.3, 0.4) is 0 Å². The highest BCUT2D eigenvalue weighted by atomic mass is 35.5. The molecule has 0 aromatic heterocycles. The zero-order chi connectivity index (χ0) is 15.8. The third kappa shape index (κ3) is 5.75. The van der Waals surface area contributed by atoms with Gasteiger partial charge in [0.1, 0.15) is 0 Å². The number of hydrogen-bond acceptors (Lipinski definition) is 3. The van der Waals surface area contributed by atoms with Gasteiger partial charge in [0.05, 0.1) is 5.69 Å². The minimum Gasteiger partial charge on any atom is -0.361 e. The summed E-state index contributed by atoms with van der Waals surface area (Å²) in [6.07, 6.45) is 0. The van der Waals surface area contributed by atoms with E-state index < -0.39 is 0 Å². The number of thiocarbonyl (C=S) groups is 1. The molecule has 6 heteroatoms. The zero-order valence-electron chi connectivity index (χ0n) is 12.3. The third-order valence-corrected chi connectivity index (χ3v) is 4.38. The first-order valence-electron chi connectivity index (χ1n) is 6.87. The number of nitrogens with zero attached hydrogens (tertiary/aromatic N) is 1. The fourth-order valence-electron chi connectivity index (χ4n) is 1.77. The number of halogens is 1. The summed E-state index contributed by atoms with van der Waals surface area (Å²) in [5.41, 5.74) is 4.19. The molecule has 2 aromatic carbocycles. The molecule has 0 heterocycles. The summed E-state index contributed by atoms with van der Waals surface area (Å²) in [4.78, 5) is 1.20. The summed E-state index contributed by atoms with van der Waals surface area (Å²) in [6.45, 7) is 0.793. The summed E-state index contributed by atoms with van der Waals surface area (Å²) in [5, 5.41) is 6.46. The average molecular weight is 352 g/mol. The molecule has 0 saturated carbocycles. The smallest absolute Gasteiger partial charge is 0.185 e. The molecule has 0 aliphatic carbocycles. The molecule has 0 fully saturated rings. The maximum absolute atomic E-state index is 5.86. The van der Waals surface area contributed by atoms with E-state index in [9.17, 15) is 0 Å². The van der Waals surface area contributed by atoms with Crippen molar-refractivity contribution in [2.45, 2.75) is 4.90 Å². The Hall–Kier alpha value is -1.43. The quantitative estimate of drug-likeness (QED) is 0.356. The van der Waals surface area contributed by atoms with Crippen LogP contribution < -0.4 is 15.8 Å². The normalized spacial score (nSPS) is 10.1. The van der Waals surface area contributed by atoms with E-state index in [4.69, 9.17) is 23.8 Å². The van der Waals surface area contributed by atoms with Crippen molar-refractivity contribution < 1.29 is 0 Å². The molecule has 0 spiro atoms. The number of hydrazine groups is 1. The summed E-state index contributed by atoms with van der Waals surface area (Å²) in [7, 11) is 1.94. The second-order valence-electron chi connectivity index (χ2n) is 4.56. The molecule has 0 unspecified atom stereocenters. The molecular formula is C16H18ClN3S2. The first-order chi connectivity index (χ1) is 10.6. The minimum absolute atomic E-state index is 0.614. The van der Waals surface area contributed by atoms with Gasteiger partial charge in [-0.3, -0.25) is 10.4 Å². The van der Waals surface area contributed by atoms with Crippen molar-refractivity contribution in [3.8, 4) is 0 Å². The third-order valence-electron chi connectivity index (χ3n) is 2.88. The molecule has 0 aliphatic heterocycles. The van der Waals surface area contributed by atoms with E-state index in [2.05, 4.69) is 10.7 Å². The number of benzene rings is 2. The standard InChI is InChI=1S/C16H18ClN3S2/c1-20(14-5-3-2-4-6-14)19-16(21)18-11-12-22-15-9-7-13(17)8-10-15/h2-10H,11-12H2,1H3,(H2,18,19,21). The Morgan fingerprint density at radius 1 is 1.14 bits per heavy atom. The average Bonchev–Trinajstić information content (AvgIpc) is 2.54. The monoisotopic (exact) mass is 351 g/mol. The van der Waals surface area contributed by atoms with Gasteiger partial charge in [-0.05, 0) is 48.6 Å². The molecule has 0 radical (unpaired) electrons. The number of thioether (sulfide) groups is 1. The predicted molar refractivity (Wildman–Crippen MR) is 101 cm³/mol. The van der Waals surface area contributed by atoms with Gasteiger partial charge in [0.15, 0.2) is 5.11 Å². The lowest BCUT2D eigenvalue weighted by Gasteiger charge is -2.22. The van der Waals surface area contributed by atoms with Gasteiger partial charge in [0.25, 0.3) is 0 Å². The molecule has 0 saturated heterocycles. The van der Waals surface area contributed by atoms with Crippen molar-refractivity contribution in [3.05, 3.63) is 59.6 Å². The highest BCUT2D eigenvalue weighted by Gasteiger charge is 2.01. The molecule has 2 N–H and O–H groups in total. The maximum atomic E-state index is 5.86. The van der Waals surface area contributed by atoms with E-state index >= 15 is 0 Å². The van der Waals surface area contributed by atoms with Gasteiger partial charge in [-0.25, -0.2) is 0 Å². The highest BCUT2D eigenvalue weighted by molar-refractivity contribution is 7.99. The number of anilines is 1. The van der Waals surface area contributed by atoms with Gasteiger partial charge in [-0.15, -0.1) is 11.8 Å². The molecule has 0 aliphatic rings. The molecule has 116 valence electrons. The van der Waals surface area contributed by atoms with Crippen molar-refractivity contribution in [2.75, 3.05) is 24.4 Å². The van der Waals surface area contributed by atoms with E-state index in [1.165, 1.54) is 4.90 Å². The van der Waals surface area contributed by atoms with E-state index in [-0.39, 0.29) is 0 Å². The van der Waals surface area contributed by atoms with Crippen LogP contribution in [0.5, 0.6) is 0 Å². The molecule has 0 atom stereocenters. The molecule has 3 nitrogen and oxygen atoms in total. The molecule has 0 bridgehead atoms. The fourth-order valence-corrected chi connectivity index (χ4v) is 2.91. The lowest BCUT2D eigenvalue weighted by molar-refractivity contribution is 0.836. The number of rotatable bonds is 6. The van der Waals surface area contributed by atoms with Gasteiger partial charge in [0.2, 0.25) is 0 Å². The number of nitrogens with one attached hydrogen (secondary N) is 2.